The first kappa shape index (κ1) is 12.3. The van der Waals surface area contributed by atoms with Gasteiger partial charge in [-0.15, -0.1) is 11.3 Å². The van der Waals surface area contributed by atoms with Crippen molar-refractivity contribution in [3.8, 4) is 0 Å². The van der Waals surface area contributed by atoms with E-state index in [4.69, 9.17) is 5.84 Å². The fourth-order valence-corrected chi connectivity index (χ4v) is 3.22. The molecule has 3 N–H and O–H groups in total. The number of nitrogens with two attached hydrogens (primary N) is 1. The smallest absolute Gasteiger partial charge is 0.0672 e. The van der Waals surface area contributed by atoms with Gasteiger partial charge in [-0.3, -0.25) is 16.3 Å². The van der Waals surface area contributed by atoms with E-state index in [2.05, 4.69) is 40.1 Å². The zero-order valence-electron chi connectivity index (χ0n) is 10.4. The number of nitrogens with one attached hydrogen (secondary N) is 1. The number of hydrogen-bond acceptors (Lipinski definition) is 4. The molecule has 3 rings (SSSR count). The Morgan fingerprint density at radius 2 is 2.00 bits per heavy atom. The third kappa shape index (κ3) is 2.51. The van der Waals surface area contributed by atoms with Gasteiger partial charge in [-0.05, 0) is 40.9 Å². The van der Waals surface area contributed by atoms with Crippen LogP contribution in [-0.2, 0) is 6.42 Å². The van der Waals surface area contributed by atoms with E-state index in [9.17, 15) is 0 Å². The second-order valence-electron chi connectivity index (χ2n) is 4.44. The van der Waals surface area contributed by atoms with E-state index in [-0.39, 0.29) is 6.04 Å². The molecule has 0 fully saturated rings. The highest BCUT2D eigenvalue weighted by atomic mass is 32.1. The molecule has 3 aromatic rings. The highest BCUT2D eigenvalue weighted by molar-refractivity contribution is 7.17. The van der Waals surface area contributed by atoms with E-state index in [0.29, 0.717) is 0 Å². The van der Waals surface area contributed by atoms with Crippen molar-refractivity contribution in [2.75, 3.05) is 0 Å². The molecule has 19 heavy (non-hydrogen) atoms. The Morgan fingerprint density at radius 3 is 2.79 bits per heavy atom. The first-order valence-corrected chi connectivity index (χ1v) is 7.08. The Hall–Kier alpha value is -1.75. The number of hydrazine groups is 1. The molecular weight excluding hydrogens is 254 g/mol. The summed E-state index contributed by atoms with van der Waals surface area (Å²) in [7, 11) is 0. The quantitative estimate of drug-likeness (QED) is 0.565. The summed E-state index contributed by atoms with van der Waals surface area (Å²) in [6, 6.07) is 14.4. The van der Waals surface area contributed by atoms with Crippen molar-refractivity contribution in [3.63, 3.8) is 0 Å². The fourth-order valence-electron chi connectivity index (χ4n) is 2.24. The molecule has 1 atom stereocenters. The molecule has 0 aliphatic carbocycles. The molecule has 1 unspecified atom stereocenters. The maximum atomic E-state index is 5.68. The second kappa shape index (κ2) is 5.48. The van der Waals surface area contributed by atoms with Gasteiger partial charge in [0.25, 0.3) is 0 Å². The molecule has 0 radical (unpaired) electrons. The summed E-state index contributed by atoms with van der Waals surface area (Å²) in [5.74, 6) is 5.68. The largest absolute Gasteiger partial charge is 0.271 e. The van der Waals surface area contributed by atoms with Crippen LogP contribution in [0, 0.1) is 0 Å². The molecule has 0 spiro atoms. The van der Waals surface area contributed by atoms with Crippen molar-refractivity contribution in [1.29, 1.82) is 0 Å². The maximum Gasteiger partial charge on any atom is 0.0672 e. The van der Waals surface area contributed by atoms with Gasteiger partial charge in [0.05, 0.1) is 11.7 Å². The number of nitrogens with zero attached hydrogens (tertiary/aromatic N) is 1. The average molecular weight is 269 g/mol. The van der Waals surface area contributed by atoms with Crippen molar-refractivity contribution < 1.29 is 0 Å². The van der Waals surface area contributed by atoms with E-state index in [1.165, 1.54) is 15.6 Å². The lowest BCUT2D eigenvalue weighted by Crippen LogP contribution is -2.30. The van der Waals surface area contributed by atoms with Crippen molar-refractivity contribution in [3.05, 3.63) is 65.3 Å². The molecule has 0 amide bonds. The molecule has 0 saturated carbocycles. The van der Waals surface area contributed by atoms with Crippen molar-refractivity contribution >= 4 is 21.4 Å². The van der Waals surface area contributed by atoms with Crippen LogP contribution in [0.5, 0.6) is 0 Å². The Kier molecular flexibility index (Phi) is 3.55. The number of thiophene rings is 1. The molecular formula is C15H15N3S. The molecule has 96 valence electrons. The first-order valence-electron chi connectivity index (χ1n) is 6.20. The van der Waals surface area contributed by atoms with Crippen LogP contribution in [0.3, 0.4) is 0 Å². The minimum atomic E-state index is 0.0409. The van der Waals surface area contributed by atoms with Crippen LogP contribution in [0.4, 0.5) is 0 Å². The second-order valence-corrected chi connectivity index (χ2v) is 5.35. The average Bonchev–Trinajstić information content (AvgIpc) is 2.89. The predicted molar refractivity (Wildman–Crippen MR) is 79.8 cm³/mol. The molecule has 3 nitrogen and oxygen atoms in total. The molecule has 4 heteroatoms. The summed E-state index contributed by atoms with van der Waals surface area (Å²) in [5.41, 5.74) is 5.15. The Balaban J connectivity index is 1.91. The molecule has 2 aromatic heterocycles. The lowest BCUT2D eigenvalue weighted by Gasteiger charge is -2.14. The zero-order valence-corrected chi connectivity index (χ0v) is 11.2. The van der Waals surface area contributed by atoms with Gasteiger partial charge in [-0.1, -0.05) is 24.3 Å². The van der Waals surface area contributed by atoms with Crippen LogP contribution in [0.15, 0.2) is 54.0 Å². The van der Waals surface area contributed by atoms with Crippen LogP contribution in [0.25, 0.3) is 10.1 Å². The van der Waals surface area contributed by atoms with Crippen molar-refractivity contribution in [1.82, 2.24) is 10.4 Å². The van der Waals surface area contributed by atoms with Crippen LogP contribution in [0.1, 0.15) is 17.3 Å². The van der Waals surface area contributed by atoms with Gasteiger partial charge in [0.15, 0.2) is 0 Å². The van der Waals surface area contributed by atoms with E-state index in [1.807, 2.05) is 18.2 Å². The highest BCUT2D eigenvalue weighted by Crippen LogP contribution is 2.28. The van der Waals surface area contributed by atoms with Gasteiger partial charge in [-0.2, -0.15) is 0 Å². The number of benzene rings is 1. The molecule has 2 heterocycles. The Morgan fingerprint density at radius 1 is 1.16 bits per heavy atom. The number of rotatable bonds is 4. The van der Waals surface area contributed by atoms with Crippen LogP contribution in [0.2, 0.25) is 0 Å². The van der Waals surface area contributed by atoms with Crippen molar-refractivity contribution in [2.24, 2.45) is 5.84 Å². The van der Waals surface area contributed by atoms with Gasteiger partial charge in [0.2, 0.25) is 0 Å². The molecule has 1 aromatic carbocycles. The summed E-state index contributed by atoms with van der Waals surface area (Å²) in [6.45, 7) is 0. The lowest BCUT2D eigenvalue weighted by atomic mass is 10.0. The topological polar surface area (TPSA) is 50.9 Å². The van der Waals surface area contributed by atoms with E-state index < -0.39 is 0 Å². The first-order chi connectivity index (χ1) is 9.38. The summed E-state index contributed by atoms with van der Waals surface area (Å²) in [6.07, 6.45) is 2.64. The SMILES string of the molecule is NNC(Cc1csc2ccccc12)c1ccccn1. The Labute approximate surface area is 116 Å². The number of fused-ring (bicyclic) bond motifs is 1. The standard InChI is InChI=1S/C15H15N3S/c16-18-14(13-6-3-4-8-17-13)9-11-10-19-15-7-2-1-5-12(11)15/h1-8,10,14,18H,9,16H2. The maximum absolute atomic E-state index is 5.68. The number of pyridine rings is 1. The van der Waals surface area contributed by atoms with E-state index in [0.717, 1.165) is 12.1 Å². The number of hydrogen-bond donors (Lipinski definition) is 2. The van der Waals surface area contributed by atoms with Gasteiger partial charge in [-0.25, -0.2) is 0 Å². The predicted octanol–water partition coefficient (Wildman–Crippen LogP) is 3.04. The normalized spacial score (nSPS) is 12.7. The van der Waals surface area contributed by atoms with Crippen molar-refractivity contribution in [2.45, 2.75) is 12.5 Å². The van der Waals surface area contributed by atoms with Crippen LogP contribution >= 0.6 is 11.3 Å². The molecule has 0 saturated heterocycles. The fraction of sp³-hybridized carbons (Fsp3) is 0.133. The van der Waals surface area contributed by atoms with Gasteiger partial charge in [0, 0.05) is 10.9 Å². The van der Waals surface area contributed by atoms with Gasteiger partial charge < -0.3 is 0 Å². The number of aromatic nitrogens is 1. The van der Waals surface area contributed by atoms with E-state index in [1.54, 1.807) is 17.5 Å². The molecule has 0 aliphatic rings. The van der Waals surface area contributed by atoms with Crippen LogP contribution in [-0.4, -0.2) is 4.98 Å². The Bertz CT molecular complexity index is 663. The minimum absolute atomic E-state index is 0.0409. The zero-order chi connectivity index (χ0) is 13.1. The third-order valence-electron chi connectivity index (χ3n) is 3.23. The van der Waals surface area contributed by atoms with Gasteiger partial charge >= 0.3 is 0 Å². The van der Waals surface area contributed by atoms with Gasteiger partial charge in [0.1, 0.15) is 0 Å². The highest BCUT2D eigenvalue weighted by Gasteiger charge is 2.14. The third-order valence-corrected chi connectivity index (χ3v) is 4.24. The molecule has 0 bridgehead atoms. The summed E-state index contributed by atoms with van der Waals surface area (Å²) >= 11 is 1.77. The summed E-state index contributed by atoms with van der Waals surface area (Å²) in [5, 5.41) is 3.52. The summed E-state index contributed by atoms with van der Waals surface area (Å²) < 4.78 is 1.31. The summed E-state index contributed by atoms with van der Waals surface area (Å²) in [4.78, 5) is 4.37. The minimum Gasteiger partial charge on any atom is -0.271 e. The monoisotopic (exact) mass is 269 g/mol. The molecule has 0 aliphatic heterocycles. The van der Waals surface area contributed by atoms with Crippen LogP contribution < -0.4 is 11.3 Å². The van der Waals surface area contributed by atoms with E-state index >= 15 is 0 Å². The lowest BCUT2D eigenvalue weighted by molar-refractivity contribution is 0.540.